The number of aliphatic carboxylic acids is 1. The minimum atomic E-state index is -1.06. The fraction of sp³-hybridized carbons (Fsp3) is 0.400. The summed E-state index contributed by atoms with van der Waals surface area (Å²) >= 11 is 0. The smallest absolute Gasteiger partial charge is 0.326 e. The molecule has 0 radical (unpaired) electrons. The zero-order chi connectivity index (χ0) is 17.5. The van der Waals surface area contributed by atoms with Gasteiger partial charge in [-0.15, -0.1) is 0 Å². The number of carboxylic acid groups (broad SMARTS) is 1. The van der Waals surface area contributed by atoms with Gasteiger partial charge in [0.2, 0.25) is 0 Å². The number of nitrogens with zero attached hydrogens (tertiary/aromatic N) is 3. The summed E-state index contributed by atoms with van der Waals surface area (Å²) < 4.78 is 0. The van der Waals surface area contributed by atoms with Crippen LogP contribution in [0.1, 0.15) is 19.7 Å². The highest BCUT2D eigenvalue weighted by molar-refractivity contribution is 5.82. The van der Waals surface area contributed by atoms with E-state index < -0.39 is 18.0 Å². The molecule has 2 rings (SSSR count). The molecular weight excluding hydrogens is 312 g/mol. The van der Waals surface area contributed by atoms with Crippen molar-refractivity contribution >= 4 is 12.0 Å². The van der Waals surface area contributed by atoms with Crippen molar-refractivity contribution in [1.82, 2.24) is 30.8 Å². The van der Waals surface area contributed by atoms with Crippen LogP contribution in [0.3, 0.4) is 0 Å². The minimum absolute atomic E-state index is 0.204. The maximum Gasteiger partial charge on any atom is 0.326 e. The zero-order valence-corrected chi connectivity index (χ0v) is 13.5. The van der Waals surface area contributed by atoms with Gasteiger partial charge >= 0.3 is 12.0 Å². The van der Waals surface area contributed by atoms with Crippen LogP contribution in [0.4, 0.5) is 4.79 Å². The standard InChI is InChI=1S/C15H20N6O3/c1-9(2)12(14(22)23)19-15(24)17-7-5-11-18-13(21-20-11)10-4-3-6-16-8-10/h3-4,6,8-9,12H,5,7H2,1-2H3,(H,22,23)(H2,17,19,24)(H,18,20,21)/t12-/m0/s1. The van der Waals surface area contributed by atoms with E-state index in [2.05, 4.69) is 30.8 Å². The van der Waals surface area contributed by atoms with E-state index in [9.17, 15) is 9.59 Å². The number of hydrogen-bond acceptors (Lipinski definition) is 5. The lowest BCUT2D eigenvalue weighted by Gasteiger charge is -2.18. The van der Waals surface area contributed by atoms with Crippen molar-refractivity contribution in [3.05, 3.63) is 30.4 Å². The zero-order valence-electron chi connectivity index (χ0n) is 13.5. The number of aromatic nitrogens is 4. The minimum Gasteiger partial charge on any atom is -0.480 e. The van der Waals surface area contributed by atoms with Crippen LogP contribution >= 0.6 is 0 Å². The van der Waals surface area contributed by atoms with Gasteiger partial charge in [-0.25, -0.2) is 14.6 Å². The molecule has 128 valence electrons. The molecule has 0 spiro atoms. The number of amides is 2. The predicted molar refractivity (Wildman–Crippen MR) is 86.1 cm³/mol. The molecule has 2 heterocycles. The Balaban J connectivity index is 1.81. The van der Waals surface area contributed by atoms with E-state index in [4.69, 9.17) is 5.11 Å². The summed E-state index contributed by atoms with van der Waals surface area (Å²) in [5, 5.41) is 21.0. The molecule has 2 aromatic heterocycles. The Morgan fingerprint density at radius 2 is 2.17 bits per heavy atom. The van der Waals surface area contributed by atoms with Gasteiger partial charge in [0.05, 0.1) is 0 Å². The highest BCUT2D eigenvalue weighted by atomic mass is 16.4. The number of nitrogens with one attached hydrogen (secondary N) is 3. The van der Waals surface area contributed by atoms with Gasteiger partial charge < -0.3 is 15.7 Å². The molecule has 0 saturated heterocycles. The third-order valence-electron chi connectivity index (χ3n) is 3.32. The van der Waals surface area contributed by atoms with Crippen LogP contribution in [0.25, 0.3) is 11.4 Å². The lowest BCUT2D eigenvalue weighted by atomic mass is 10.1. The van der Waals surface area contributed by atoms with Crippen LogP contribution in [-0.4, -0.2) is 49.9 Å². The Morgan fingerprint density at radius 3 is 2.79 bits per heavy atom. The van der Waals surface area contributed by atoms with Crippen molar-refractivity contribution in [3.63, 3.8) is 0 Å². The number of carboxylic acids is 1. The van der Waals surface area contributed by atoms with Gasteiger partial charge in [-0.3, -0.25) is 10.1 Å². The Labute approximate surface area is 138 Å². The number of rotatable bonds is 7. The first-order valence-electron chi connectivity index (χ1n) is 7.56. The number of carbonyl (C=O) groups excluding carboxylic acids is 1. The van der Waals surface area contributed by atoms with Gasteiger partial charge in [0.15, 0.2) is 5.82 Å². The van der Waals surface area contributed by atoms with Crippen molar-refractivity contribution in [2.45, 2.75) is 26.3 Å². The van der Waals surface area contributed by atoms with E-state index in [-0.39, 0.29) is 5.92 Å². The van der Waals surface area contributed by atoms with Crippen molar-refractivity contribution in [2.24, 2.45) is 5.92 Å². The second-order valence-corrected chi connectivity index (χ2v) is 5.56. The highest BCUT2D eigenvalue weighted by Gasteiger charge is 2.23. The molecule has 0 bridgehead atoms. The van der Waals surface area contributed by atoms with Crippen molar-refractivity contribution < 1.29 is 14.7 Å². The Hall–Kier alpha value is -2.97. The summed E-state index contributed by atoms with van der Waals surface area (Å²) in [6.07, 6.45) is 3.78. The summed E-state index contributed by atoms with van der Waals surface area (Å²) in [6.45, 7) is 3.76. The predicted octanol–water partition coefficient (Wildman–Crippen LogP) is 0.818. The fourth-order valence-corrected chi connectivity index (χ4v) is 2.03. The fourth-order valence-electron chi connectivity index (χ4n) is 2.03. The summed E-state index contributed by atoms with van der Waals surface area (Å²) in [6, 6.07) is 2.20. The van der Waals surface area contributed by atoms with E-state index in [1.165, 1.54) is 0 Å². The van der Waals surface area contributed by atoms with Crippen molar-refractivity contribution in [3.8, 4) is 11.4 Å². The average molecular weight is 332 g/mol. The van der Waals surface area contributed by atoms with Gasteiger partial charge in [0.25, 0.3) is 0 Å². The highest BCUT2D eigenvalue weighted by Crippen LogP contribution is 2.11. The summed E-state index contributed by atoms with van der Waals surface area (Å²) in [5.74, 6) is -0.109. The van der Waals surface area contributed by atoms with Crippen molar-refractivity contribution in [2.75, 3.05) is 6.54 Å². The van der Waals surface area contributed by atoms with Crippen LogP contribution in [-0.2, 0) is 11.2 Å². The lowest BCUT2D eigenvalue weighted by Crippen LogP contribution is -2.48. The van der Waals surface area contributed by atoms with Crippen molar-refractivity contribution in [1.29, 1.82) is 0 Å². The van der Waals surface area contributed by atoms with Crippen LogP contribution in [0, 0.1) is 5.92 Å². The molecule has 24 heavy (non-hydrogen) atoms. The molecular formula is C15H20N6O3. The quantitative estimate of drug-likeness (QED) is 0.593. The third-order valence-corrected chi connectivity index (χ3v) is 3.32. The monoisotopic (exact) mass is 332 g/mol. The number of carbonyl (C=O) groups is 2. The van der Waals surface area contributed by atoms with Crippen LogP contribution in [0.2, 0.25) is 0 Å². The number of H-pyrrole nitrogens is 1. The molecule has 0 aliphatic heterocycles. The first kappa shape index (κ1) is 17.4. The largest absolute Gasteiger partial charge is 0.480 e. The van der Waals surface area contributed by atoms with Crippen LogP contribution in [0.5, 0.6) is 0 Å². The molecule has 0 aliphatic carbocycles. The van der Waals surface area contributed by atoms with Crippen LogP contribution in [0.15, 0.2) is 24.5 Å². The molecule has 0 unspecified atom stereocenters. The van der Waals surface area contributed by atoms with Gasteiger partial charge in [0, 0.05) is 30.9 Å². The van der Waals surface area contributed by atoms with E-state index in [0.717, 1.165) is 5.56 Å². The molecule has 1 atom stereocenters. The van der Waals surface area contributed by atoms with Gasteiger partial charge in [0.1, 0.15) is 11.9 Å². The van der Waals surface area contributed by atoms with E-state index >= 15 is 0 Å². The lowest BCUT2D eigenvalue weighted by molar-refractivity contribution is -0.140. The first-order valence-corrected chi connectivity index (χ1v) is 7.56. The Morgan fingerprint density at radius 1 is 1.38 bits per heavy atom. The second kappa shape index (κ2) is 8.04. The van der Waals surface area contributed by atoms with Crippen LogP contribution < -0.4 is 10.6 Å². The summed E-state index contributed by atoms with van der Waals surface area (Å²) in [7, 11) is 0. The normalized spacial score (nSPS) is 12.0. The average Bonchev–Trinajstić information content (AvgIpc) is 3.02. The Kier molecular flexibility index (Phi) is 5.83. The summed E-state index contributed by atoms with van der Waals surface area (Å²) in [4.78, 5) is 31.1. The van der Waals surface area contributed by atoms with E-state index in [0.29, 0.717) is 24.6 Å². The van der Waals surface area contributed by atoms with Gasteiger partial charge in [-0.05, 0) is 18.1 Å². The number of hydrogen-bond donors (Lipinski definition) is 4. The maximum absolute atomic E-state index is 11.7. The summed E-state index contributed by atoms with van der Waals surface area (Å²) in [5.41, 5.74) is 0.798. The topological polar surface area (TPSA) is 133 Å². The molecule has 9 heteroatoms. The molecule has 0 saturated carbocycles. The number of aromatic amines is 1. The molecule has 2 aromatic rings. The molecule has 0 fully saturated rings. The molecule has 9 nitrogen and oxygen atoms in total. The van der Waals surface area contributed by atoms with Gasteiger partial charge in [-0.2, -0.15) is 5.10 Å². The van der Waals surface area contributed by atoms with Gasteiger partial charge in [-0.1, -0.05) is 13.8 Å². The maximum atomic E-state index is 11.7. The number of pyridine rings is 1. The second-order valence-electron chi connectivity index (χ2n) is 5.56. The SMILES string of the molecule is CC(C)[C@H](NC(=O)NCCc1nc(-c2cccnc2)n[nH]1)C(=O)O. The molecule has 0 aromatic carbocycles. The molecule has 4 N–H and O–H groups in total. The van der Waals surface area contributed by atoms with E-state index in [1.54, 1.807) is 32.3 Å². The number of urea groups is 1. The Bertz CT molecular complexity index is 686. The molecule has 0 aliphatic rings. The third kappa shape index (κ3) is 4.77. The first-order chi connectivity index (χ1) is 11.5. The van der Waals surface area contributed by atoms with E-state index in [1.807, 2.05) is 6.07 Å². The molecule has 2 amide bonds.